The molecule has 202 valence electrons. The standard InChI is InChI=1S/C18H17NO7S.C3H7NO5S.2Na/c20-17(21)16(10-27(23,24)25)19-18(22)26-9-15-13-7-3-1-5-11(13)12-6-2-4-8-14(12)15;4-2(3(5)6)1-10(7,8)9;;/h1-8,15-16H,9-10H2,(H,19,22)(H,20,21)(H,23,24,25);2H,1,4H2,(H,5,6)(H,7,8,9);;/q;;2*+1/p-2/t16-;2-;;/m00../s1. The number of hydrogen-bond donors (Lipinski definition) is 4. The van der Waals surface area contributed by atoms with Crippen molar-refractivity contribution in [2.75, 3.05) is 18.1 Å². The average molecular weight is 605 g/mol. The second-order valence-electron chi connectivity index (χ2n) is 7.76. The van der Waals surface area contributed by atoms with Crippen molar-refractivity contribution in [3.05, 3.63) is 59.7 Å². The topological polar surface area (TPSA) is 253 Å². The molecule has 0 saturated heterocycles. The maximum Gasteiger partial charge on any atom is 1.00 e. The molecule has 0 aromatic heterocycles. The zero-order valence-corrected chi connectivity index (χ0v) is 26.5. The van der Waals surface area contributed by atoms with Gasteiger partial charge in [0.2, 0.25) is 0 Å². The number of rotatable bonds is 9. The van der Waals surface area contributed by atoms with Crippen molar-refractivity contribution in [1.82, 2.24) is 5.32 Å². The quantitative estimate of drug-likeness (QED) is 0.153. The van der Waals surface area contributed by atoms with Gasteiger partial charge in [-0.3, -0.25) is 9.35 Å². The Hall–Kier alpha value is -1.57. The van der Waals surface area contributed by atoms with Crippen LogP contribution >= 0.6 is 0 Å². The summed E-state index contributed by atoms with van der Waals surface area (Å²) in [4.78, 5) is 32.7. The van der Waals surface area contributed by atoms with E-state index < -0.39 is 61.9 Å². The van der Waals surface area contributed by atoms with E-state index in [9.17, 15) is 40.9 Å². The molecule has 0 radical (unpaired) electrons. The number of nitrogens with one attached hydrogen (secondary N) is 1. The van der Waals surface area contributed by atoms with Gasteiger partial charge in [0, 0.05) is 5.92 Å². The molecule has 3 rings (SSSR count). The molecule has 1 aliphatic rings. The maximum absolute atomic E-state index is 11.9. The minimum atomic E-state index is -4.87. The third-order valence-corrected chi connectivity index (χ3v) is 6.52. The normalized spacial score (nSPS) is 13.5. The number of aliphatic carboxylic acids is 2. The zero-order valence-electron chi connectivity index (χ0n) is 20.8. The van der Waals surface area contributed by atoms with Gasteiger partial charge in [0.15, 0.2) is 0 Å². The molecular formula is C21H22N2Na2O12S2. The summed E-state index contributed by atoms with van der Waals surface area (Å²) in [5.41, 5.74) is 8.73. The van der Waals surface area contributed by atoms with E-state index >= 15 is 0 Å². The van der Waals surface area contributed by atoms with Crippen LogP contribution < -0.4 is 75.3 Å². The Morgan fingerprint density at radius 3 is 1.77 bits per heavy atom. The van der Waals surface area contributed by atoms with E-state index in [1.165, 1.54) is 0 Å². The van der Waals surface area contributed by atoms with Crippen LogP contribution in [0.15, 0.2) is 48.5 Å². The first-order chi connectivity index (χ1) is 17.1. The number of nitrogens with two attached hydrogens (primary N) is 1. The molecular weight excluding hydrogens is 582 g/mol. The molecule has 2 atom stereocenters. The van der Waals surface area contributed by atoms with Crippen LogP contribution in [-0.2, 0) is 34.6 Å². The van der Waals surface area contributed by atoms with Gasteiger partial charge in [-0.1, -0.05) is 48.5 Å². The first-order valence-corrected chi connectivity index (χ1v) is 13.5. The molecule has 0 fully saturated rings. The number of benzene rings is 2. The molecule has 18 heteroatoms. The van der Waals surface area contributed by atoms with Gasteiger partial charge in [0.05, 0.1) is 27.9 Å². The van der Waals surface area contributed by atoms with Crippen LogP contribution in [0.25, 0.3) is 11.1 Å². The van der Waals surface area contributed by atoms with Crippen LogP contribution in [0.2, 0.25) is 0 Å². The average Bonchev–Trinajstić information content (AvgIpc) is 3.09. The fourth-order valence-electron chi connectivity index (χ4n) is 3.45. The number of carboxylic acid groups (broad SMARTS) is 2. The Morgan fingerprint density at radius 1 is 0.949 bits per heavy atom. The van der Waals surface area contributed by atoms with E-state index in [0.717, 1.165) is 22.3 Å². The third-order valence-electron chi connectivity index (χ3n) is 5.00. The summed E-state index contributed by atoms with van der Waals surface area (Å²) < 4.78 is 65.3. The van der Waals surface area contributed by atoms with Crippen molar-refractivity contribution in [3.8, 4) is 11.1 Å². The van der Waals surface area contributed by atoms with Crippen molar-refractivity contribution >= 4 is 38.3 Å². The van der Waals surface area contributed by atoms with Crippen LogP contribution in [0, 0.1) is 0 Å². The molecule has 0 bridgehead atoms. The van der Waals surface area contributed by atoms with Gasteiger partial charge in [0.25, 0.3) is 10.1 Å². The Bertz CT molecular complexity index is 1340. The maximum atomic E-state index is 11.9. The van der Waals surface area contributed by atoms with Crippen molar-refractivity contribution in [3.63, 3.8) is 0 Å². The molecule has 2 aromatic carbocycles. The van der Waals surface area contributed by atoms with Crippen LogP contribution in [0.1, 0.15) is 17.0 Å². The number of carbonyl (C=O) groups is 3. The first kappa shape index (κ1) is 37.4. The van der Waals surface area contributed by atoms with E-state index in [2.05, 4.69) is 0 Å². The summed E-state index contributed by atoms with van der Waals surface area (Å²) in [6.45, 7) is -0.0796. The predicted molar refractivity (Wildman–Crippen MR) is 124 cm³/mol. The molecule has 2 aromatic rings. The van der Waals surface area contributed by atoms with Crippen molar-refractivity contribution < 1.29 is 114 Å². The van der Waals surface area contributed by atoms with E-state index in [4.69, 9.17) is 20.1 Å². The number of carbonyl (C=O) groups excluding carboxylic acids is 2. The van der Waals surface area contributed by atoms with Crippen LogP contribution in [-0.4, -0.2) is 79.3 Å². The van der Waals surface area contributed by atoms with Crippen LogP contribution in [0.3, 0.4) is 0 Å². The number of hydrogen-bond acceptors (Lipinski definition) is 11. The number of fused-ring (bicyclic) bond motifs is 3. The molecule has 5 N–H and O–H groups in total. The molecule has 0 aliphatic heterocycles. The van der Waals surface area contributed by atoms with Crippen LogP contribution in [0.5, 0.6) is 0 Å². The van der Waals surface area contributed by atoms with Gasteiger partial charge >= 0.3 is 71.2 Å². The second-order valence-corrected chi connectivity index (χ2v) is 10.7. The predicted octanol–water partition coefficient (Wildman–Crippen LogP) is -7.52. The molecule has 0 unspecified atom stereocenters. The largest absolute Gasteiger partial charge is 1.00 e. The summed E-state index contributed by atoms with van der Waals surface area (Å²) in [7, 11) is -9.14. The smallest absolute Gasteiger partial charge is 0.748 e. The van der Waals surface area contributed by atoms with Gasteiger partial charge in [-0.2, -0.15) is 8.42 Å². The van der Waals surface area contributed by atoms with E-state index in [0.29, 0.717) is 0 Å². The number of alkyl carbamates (subject to hydrolysis) is 1. The van der Waals surface area contributed by atoms with Gasteiger partial charge in [-0.15, -0.1) is 0 Å². The SMILES string of the molecule is N[C@@H](CS(=O)(=O)O)C(=O)O.O=C(N[C@@H](CS(=O)(=O)[O-])C(=O)[O-])OCC1c2ccccc2-c2ccccc21.[Na+].[Na+]. The molecule has 0 heterocycles. The van der Waals surface area contributed by atoms with Crippen molar-refractivity contribution in [2.24, 2.45) is 5.73 Å². The summed E-state index contributed by atoms with van der Waals surface area (Å²) in [5.74, 6) is -5.87. The Labute approximate surface area is 268 Å². The molecule has 0 saturated carbocycles. The van der Waals surface area contributed by atoms with Gasteiger partial charge in [0.1, 0.15) is 18.4 Å². The fraction of sp³-hybridized carbons (Fsp3) is 0.286. The summed E-state index contributed by atoms with van der Waals surface area (Å²) in [5, 5.41) is 20.8. The van der Waals surface area contributed by atoms with Crippen molar-refractivity contribution in [1.29, 1.82) is 0 Å². The minimum absolute atomic E-state index is 0. The van der Waals surface area contributed by atoms with E-state index in [-0.39, 0.29) is 71.6 Å². The second kappa shape index (κ2) is 16.0. The number of carboxylic acids is 2. The van der Waals surface area contributed by atoms with Crippen molar-refractivity contribution in [2.45, 2.75) is 18.0 Å². The number of amides is 1. The zero-order chi connectivity index (χ0) is 28.0. The van der Waals surface area contributed by atoms with E-state index in [1.54, 1.807) is 0 Å². The van der Waals surface area contributed by atoms with Gasteiger partial charge in [-0.05, 0) is 22.3 Å². The molecule has 39 heavy (non-hydrogen) atoms. The van der Waals surface area contributed by atoms with Gasteiger partial charge in [-0.25, -0.2) is 13.2 Å². The third kappa shape index (κ3) is 12.2. The summed E-state index contributed by atoms with van der Waals surface area (Å²) in [6.07, 6.45) is -1.14. The Balaban J connectivity index is 0.00000104. The number of ether oxygens (including phenoxy) is 1. The van der Waals surface area contributed by atoms with Gasteiger partial charge < -0.3 is 35.3 Å². The monoisotopic (exact) mass is 604 g/mol. The Kier molecular flexibility index (Phi) is 15.4. The Morgan fingerprint density at radius 2 is 1.41 bits per heavy atom. The first-order valence-electron chi connectivity index (χ1n) is 10.3. The summed E-state index contributed by atoms with van der Waals surface area (Å²) in [6, 6.07) is 11.7. The minimum Gasteiger partial charge on any atom is -0.748 e. The fourth-order valence-corrected chi connectivity index (χ4v) is 4.68. The molecule has 14 nitrogen and oxygen atoms in total. The summed E-state index contributed by atoms with van der Waals surface area (Å²) >= 11 is 0. The van der Waals surface area contributed by atoms with E-state index in [1.807, 2.05) is 53.8 Å². The molecule has 1 amide bonds. The molecule has 1 aliphatic carbocycles. The molecule has 0 spiro atoms. The van der Waals surface area contributed by atoms with Crippen LogP contribution in [0.4, 0.5) is 4.79 Å².